The predicted molar refractivity (Wildman–Crippen MR) is 106 cm³/mol. The van der Waals surface area contributed by atoms with Gasteiger partial charge in [0.1, 0.15) is 0 Å². The van der Waals surface area contributed by atoms with E-state index in [1.165, 1.54) is 0 Å². The molecule has 0 saturated carbocycles. The van der Waals surface area contributed by atoms with Gasteiger partial charge in [0.25, 0.3) is 0 Å². The number of rotatable bonds is 5. The minimum absolute atomic E-state index is 0.124. The van der Waals surface area contributed by atoms with Crippen LogP contribution >= 0.6 is 11.3 Å². The van der Waals surface area contributed by atoms with Gasteiger partial charge in [-0.05, 0) is 35.6 Å². The number of aryl methyl sites for hydroxylation is 1. The zero-order valence-corrected chi connectivity index (χ0v) is 15.1. The smallest absolute Gasteiger partial charge is 0.215 e. The SMILES string of the molecule is Cc1ccc2c([C@H](C[N+](=O)[O-])c3cccs3)c(-c3ccccc3)[nH]c2c1. The highest BCUT2D eigenvalue weighted by Crippen LogP contribution is 2.40. The third kappa shape index (κ3) is 3.02. The quantitative estimate of drug-likeness (QED) is 0.370. The number of benzene rings is 2. The summed E-state index contributed by atoms with van der Waals surface area (Å²) in [6.07, 6.45) is 0. The summed E-state index contributed by atoms with van der Waals surface area (Å²) in [4.78, 5) is 15.8. The Balaban J connectivity index is 2.00. The minimum Gasteiger partial charge on any atom is -0.354 e. The van der Waals surface area contributed by atoms with Gasteiger partial charge in [-0.3, -0.25) is 10.1 Å². The maximum atomic E-state index is 11.4. The van der Waals surface area contributed by atoms with Crippen LogP contribution in [0.15, 0.2) is 66.0 Å². The number of nitrogens with one attached hydrogen (secondary N) is 1. The highest BCUT2D eigenvalue weighted by Gasteiger charge is 2.28. The fourth-order valence-corrected chi connectivity index (χ4v) is 4.32. The molecule has 0 aliphatic rings. The number of aromatic amines is 1. The van der Waals surface area contributed by atoms with Gasteiger partial charge in [-0.15, -0.1) is 11.3 Å². The number of fused-ring (bicyclic) bond motifs is 1. The van der Waals surface area contributed by atoms with Gasteiger partial charge in [0, 0.05) is 26.3 Å². The summed E-state index contributed by atoms with van der Waals surface area (Å²) in [6.45, 7) is 1.93. The Kier molecular flexibility index (Phi) is 4.31. The molecule has 5 heteroatoms. The number of aromatic nitrogens is 1. The maximum Gasteiger partial charge on any atom is 0.215 e. The zero-order valence-electron chi connectivity index (χ0n) is 14.3. The molecule has 2 aromatic carbocycles. The second-order valence-electron chi connectivity index (χ2n) is 6.41. The number of H-pyrrole nitrogens is 1. The van der Waals surface area contributed by atoms with E-state index in [9.17, 15) is 10.1 Å². The molecule has 26 heavy (non-hydrogen) atoms. The van der Waals surface area contributed by atoms with Crippen molar-refractivity contribution in [3.8, 4) is 11.3 Å². The molecule has 1 N–H and O–H groups in total. The fraction of sp³-hybridized carbons (Fsp3) is 0.143. The Morgan fingerprint density at radius 3 is 2.62 bits per heavy atom. The monoisotopic (exact) mass is 362 g/mol. The van der Waals surface area contributed by atoms with Gasteiger partial charge in [-0.2, -0.15) is 0 Å². The molecule has 0 unspecified atom stereocenters. The van der Waals surface area contributed by atoms with Crippen LogP contribution < -0.4 is 0 Å². The molecule has 0 saturated heterocycles. The first-order valence-electron chi connectivity index (χ1n) is 8.46. The van der Waals surface area contributed by atoms with Crippen LogP contribution in [0.1, 0.15) is 21.9 Å². The molecule has 2 aromatic heterocycles. The van der Waals surface area contributed by atoms with Gasteiger partial charge in [-0.25, -0.2) is 0 Å². The molecule has 0 spiro atoms. The number of thiophene rings is 1. The second-order valence-corrected chi connectivity index (χ2v) is 7.39. The molecular weight excluding hydrogens is 344 g/mol. The lowest BCUT2D eigenvalue weighted by molar-refractivity contribution is -0.481. The molecule has 0 aliphatic heterocycles. The first kappa shape index (κ1) is 16.5. The average molecular weight is 362 g/mol. The number of nitrogens with zero attached hydrogens (tertiary/aromatic N) is 1. The molecule has 1 atom stereocenters. The molecule has 0 radical (unpaired) electrons. The van der Waals surface area contributed by atoms with E-state index in [4.69, 9.17) is 0 Å². The summed E-state index contributed by atoms with van der Waals surface area (Å²) in [5, 5.41) is 14.5. The Morgan fingerprint density at radius 2 is 1.92 bits per heavy atom. The van der Waals surface area contributed by atoms with Crippen LogP contribution in [0, 0.1) is 17.0 Å². The van der Waals surface area contributed by atoms with E-state index in [1.807, 2.05) is 47.8 Å². The molecule has 0 bridgehead atoms. The van der Waals surface area contributed by atoms with E-state index < -0.39 is 0 Å². The summed E-state index contributed by atoms with van der Waals surface area (Å²) >= 11 is 1.57. The highest BCUT2D eigenvalue weighted by molar-refractivity contribution is 7.10. The number of nitro groups is 1. The lowest BCUT2D eigenvalue weighted by Gasteiger charge is -2.14. The molecule has 0 aliphatic carbocycles. The molecule has 2 heterocycles. The van der Waals surface area contributed by atoms with E-state index >= 15 is 0 Å². The Morgan fingerprint density at radius 1 is 1.12 bits per heavy atom. The number of hydrogen-bond acceptors (Lipinski definition) is 3. The third-order valence-electron chi connectivity index (χ3n) is 4.62. The normalized spacial score (nSPS) is 12.3. The summed E-state index contributed by atoms with van der Waals surface area (Å²) < 4.78 is 0. The van der Waals surface area contributed by atoms with Crippen LogP contribution in [0.2, 0.25) is 0 Å². The Bertz CT molecular complexity index is 1050. The highest BCUT2D eigenvalue weighted by atomic mass is 32.1. The summed E-state index contributed by atoms with van der Waals surface area (Å²) in [5.41, 5.74) is 5.19. The van der Waals surface area contributed by atoms with Crippen molar-refractivity contribution in [2.24, 2.45) is 0 Å². The molecule has 0 fully saturated rings. The first-order chi connectivity index (χ1) is 12.6. The van der Waals surface area contributed by atoms with Crippen molar-refractivity contribution in [2.45, 2.75) is 12.8 Å². The lowest BCUT2D eigenvalue weighted by Crippen LogP contribution is -2.13. The molecule has 130 valence electrons. The Labute approximate surface area is 155 Å². The van der Waals surface area contributed by atoms with E-state index in [0.29, 0.717) is 0 Å². The van der Waals surface area contributed by atoms with Crippen LogP contribution in [-0.2, 0) is 0 Å². The average Bonchev–Trinajstić information content (AvgIpc) is 3.28. The summed E-state index contributed by atoms with van der Waals surface area (Å²) in [5.74, 6) is -0.281. The summed E-state index contributed by atoms with van der Waals surface area (Å²) in [7, 11) is 0. The van der Waals surface area contributed by atoms with Gasteiger partial charge in [-0.1, -0.05) is 48.5 Å². The molecule has 4 nitrogen and oxygen atoms in total. The van der Waals surface area contributed by atoms with Gasteiger partial charge in [0.2, 0.25) is 6.54 Å². The minimum atomic E-state index is -0.281. The van der Waals surface area contributed by atoms with Crippen molar-refractivity contribution in [3.63, 3.8) is 0 Å². The topological polar surface area (TPSA) is 58.9 Å². The predicted octanol–water partition coefficient (Wildman–Crippen LogP) is 5.61. The van der Waals surface area contributed by atoms with Crippen LogP contribution in [0.5, 0.6) is 0 Å². The molecule has 0 amide bonds. The van der Waals surface area contributed by atoms with Gasteiger partial charge in [0.15, 0.2) is 0 Å². The zero-order chi connectivity index (χ0) is 18.1. The summed E-state index contributed by atoms with van der Waals surface area (Å²) in [6, 6.07) is 20.2. The van der Waals surface area contributed by atoms with Crippen LogP contribution in [0.3, 0.4) is 0 Å². The van der Waals surface area contributed by atoms with E-state index in [2.05, 4.69) is 30.1 Å². The van der Waals surface area contributed by atoms with Crippen LogP contribution in [0.4, 0.5) is 0 Å². The fourth-order valence-electron chi connectivity index (χ4n) is 3.49. The maximum absolute atomic E-state index is 11.4. The van der Waals surface area contributed by atoms with Gasteiger partial charge in [0.05, 0.1) is 11.6 Å². The largest absolute Gasteiger partial charge is 0.354 e. The van der Waals surface area contributed by atoms with E-state index in [1.54, 1.807) is 11.3 Å². The van der Waals surface area contributed by atoms with E-state index in [0.717, 1.165) is 38.2 Å². The van der Waals surface area contributed by atoms with Crippen molar-refractivity contribution in [1.29, 1.82) is 0 Å². The van der Waals surface area contributed by atoms with Gasteiger partial charge < -0.3 is 4.98 Å². The van der Waals surface area contributed by atoms with Crippen molar-refractivity contribution in [1.82, 2.24) is 4.98 Å². The third-order valence-corrected chi connectivity index (χ3v) is 5.61. The lowest BCUT2D eigenvalue weighted by atomic mass is 9.91. The Hall–Kier alpha value is -2.92. The van der Waals surface area contributed by atoms with Crippen molar-refractivity contribution in [2.75, 3.05) is 6.54 Å². The molecule has 4 rings (SSSR count). The number of hydrogen-bond donors (Lipinski definition) is 1. The molecule has 4 aromatic rings. The van der Waals surface area contributed by atoms with Crippen molar-refractivity contribution in [3.05, 3.63) is 92.2 Å². The van der Waals surface area contributed by atoms with Crippen molar-refractivity contribution >= 4 is 22.2 Å². The standard InChI is InChI=1S/C21H18N2O2S/c1-14-9-10-16-18(12-14)22-21(15-6-3-2-4-7-15)20(16)17(13-23(24)25)19-8-5-11-26-19/h2-12,17,22H,13H2,1H3/t17-/m1/s1. The van der Waals surface area contributed by atoms with Crippen molar-refractivity contribution < 1.29 is 4.92 Å². The second kappa shape index (κ2) is 6.77. The van der Waals surface area contributed by atoms with Crippen LogP contribution in [0.25, 0.3) is 22.2 Å². The van der Waals surface area contributed by atoms with Gasteiger partial charge >= 0.3 is 0 Å². The van der Waals surface area contributed by atoms with Crippen LogP contribution in [-0.4, -0.2) is 16.5 Å². The molecular formula is C21H18N2O2S. The first-order valence-corrected chi connectivity index (χ1v) is 9.34. The van der Waals surface area contributed by atoms with E-state index in [-0.39, 0.29) is 17.4 Å².